The molecule has 1 aromatic heterocycles. The first-order valence-corrected chi connectivity index (χ1v) is 10.5. The predicted octanol–water partition coefficient (Wildman–Crippen LogP) is 4.51. The van der Waals surface area contributed by atoms with Crippen LogP contribution in [-0.4, -0.2) is 34.0 Å². The van der Waals surface area contributed by atoms with Gasteiger partial charge in [0, 0.05) is 17.8 Å². The van der Waals surface area contributed by atoms with Crippen molar-refractivity contribution < 1.29 is 9.32 Å². The smallest absolute Gasteiger partial charge is 0.257 e. The fourth-order valence-electron chi connectivity index (χ4n) is 3.93. The zero-order valence-electron chi connectivity index (χ0n) is 17.8. The standard InChI is InChI=1S/C24H28N4O2/c1-16-6-9-19(10-7-16)24-26-22(27-30-24)15-28-12-4-5-20(14-28)23(29)25-21-11-8-17(2)13-18(21)3/h6-11,13,20H,4-5,12,14-15H2,1-3H3,(H,25,29). The minimum absolute atomic E-state index is 0.0390. The van der Waals surface area contributed by atoms with Crippen molar-refractivity contribution in [3.05, 3.63) is 65.0 Å². The second kappa shape index (κ2) is 8.79. The molecule has 6 heteroatoms. The summed E-state index contributed by atoms with van der Waals surface area (Å²) < 4.78 is 5.44. The van der Waals surface area contributed by atoms with E-state index in [1.54, 1.807) is 0 Å². The molecule has 1 amide bonds. The zero-order chi connectivity index (χ0) is 21.1. The quantitative estimate of drug-likeness (QED) is 0.677. The van der Waals surface area contributed by atoms with Crippen LogP contribution in [0.2, 0.25) is 0 Å². The van der Waals surface area contributed by atoms with Crippen molar-refractivity contribution >= 4 is 11.6 Å². The molecule has 0 bridgehead atoms. The van der Waals surface area contributed by atoms with Crippen LogP contribution >= 0.6 is 0 Å². The molecule has 3 aromatic rings. The highest BCUT2D eigenvalue weighted by atomic mass is 16.5. The summed E-state index contributed by atoms with van der Waals surface area (Å²) in [6.07, 6.45) is 1.88. The molecule has 156 valence electrons. The van der Waals surface area contributed by atoms with Gasteiger partial charge in [-0.25, -0.2) is 0 Å². The SMILES string of the molecule is Cc1ccc(-c2nc(CN3CCCC(C(=O)Nc4ccc(C)cc4C)C3)no2)cc1. The topological polar surface area (TPSA) is 71.3 Å². The molecule has 1 N–H and O–H groups in total. The van der Waals surface area contributed by atoms with Crippen LogP contribution in [0.5, 0.6) is 0 Å². The highest BCUT2D eigenvalue weighted by Gasteiger charge is 2.27. The number of anilines is 1. The summed E-state index contributed by atoms with van der Waals surface area (Å²) in [6, 6.07) is 14.1. The second-order valence-electron chi connectivity index (χ2n) is 8.26. The largest absolute Gasteiger partial charge is 0.334 e. The van der Waals surface area contributed by atoms with Crippen LogP contribution in [0.4, 0.5) is 5.69 Å². The molecule has 1 saturated heterocycles. The molecule has 1 fully saturated rings. The third kappa shape index (κ3) is 4.76. The van der Waals surface area contributed by atoms with Crippen molar-refractivity contribution in [2.24, 2.45) is 5.92 Å². The van der Waals surface area contributed by atoms with Crippen LogP contribution in [0, 0.1) is 26.7 Å². The second-order valence-corrected chi connectivity index (χ2v) is 8.26. The highest BCUT2D eigenvalue weighted by molar-refractivity contribution is 5.93. The molecule has 6 nitrogen and oxygen atoms in total. The highest BCUT2D eigenvalue weighted by Crippen LogP contribution is 2.23. The molecule has 30 heavy (non-hydrogen) atoms. The normalized spacial score (nSPS) is 17.1. The molecular weight excluding hydrogens is 376 g/mol. The third-order valence-corrected chi connectivity index (χ3v) is 5.65. The number of benzene rings is 2. The van der Waals surface area contributed by atoms with E-state index in [9.17, 15) is 4.79 Å². The maximum Gasteiger partial charge on any atom is 0.257 e. The van der Waals surface area contributed by atoms with Crippen LogP contribution in [0.25, 0.3) is 11.5 Å². The van der Waals surface area contributed by atoms with Crippen molar-refractivity contribution in [2.45, 2.75) is 40.2 Å². The van der Waals surface area contributed by atoms with Gasteiger partial charge in [-0.3, -0.25) is 9.69 Å². The van der Waals surface area contributed by atoms with Gasteiger partial charge in [0.2, 0.25) is 5.91 Å². The number of hydrogen-bond donors (Lipinski definition) is 1. The number of piperidine rings is 1. The minimum atomic E-state index is -0.0390. The van der Waals surface area contributed by atoms with Crippen LogP contribution in [0.15, 0.2) is 47.0 Å². The van der Waals surface area contributed by atoms with Crippen molar-refractivity contribution in [3.8, 4) is 11.5 Å². The monoisotopic (exact) mass is 404 g/mol. The Balaban J connectivity index is 1.37. The molecule has 1 unspecified atom stereocenters. The Kier molecular flexibility index (Phi) is 5.95. The van der Waals surface area contributed by atoms with E-state index >= 15 is 0 Å². The average molecular weight is 405 g/mol. The first kappa shape index (κ1) is 20.3. The number of rotatable bonds is 5. The van der Waals surface area contributed by atoms with E-state index in [1.807, 2.05) is 50.2 Å². The maximum atomic E-state index is 12.8. The molecule has 1 aliphatic heterocycles. The van der Waals surface area contributed by atoms with E-state index in [0.717, 1.165) is 36.2 Å². The number of amides is 1. The number of carbonyl (C=O) groups is 1. The number of aryl methyl sites for hydroxylation is 3. The molecule has 2 heterocycles. The van der Waals surface area contributed by atoms with Gasteiger partial charge >= 0.3 is 0 Å². The zero-order valence-corrected chi connectivity index (χ0v) is 17.8. The van der Waals surface area contributed by atoms with Gasteiger partial charge in [0.15, 0.2) is 5.82 Å². The van der Waals surface area contributed by atoms with E-state index in [0.29, 0.717) is 24.8 Å². The van der Waals surface area contributed by atoms with Gasteiger partial charge in [-0.2, -0.15) is 4.98 Å². The van der Waals surface area contributed by atoms with E-state index < -0.39 is 0 Å². The Morgan fingerprint density at radius 3 is 2.67 bits per heavy atom. The van der Waals surface area contributed by atoms with Crippen LogP contribution in [0.3, 0.4) is 0 Å². The predicted molar refractivity (Wildman–Crippen MR) is 117 cm³/mol. The Hall–Kier alpha value is -2.99. The Labute approximate surface area is 177 Å². The summed E-state index contributed by atoms with van der Waals surface area (Å²) in [5.41, 5.74) is 5.29. The summed E-state index contributed by atoms with van der Waals surface area (Å²) in [4.78, 5) is 19.6. The lowest BCUT2D eigenvalue weighted by Gasteiger charge is -2.31. The maximum absolute atomic E-state index is 12.8. The third-order valence-electron chi connectivity index (χ3n) is 5.65. The van der Waals surface area contributed by atoms with Gasteiger partial charge < -0.3 is 9.84 Å². The van der Waals surface area contributed by atoms with Crippen molar-refractivity contribution in [1.29, 1.82) is 0 Å². The van der Waals surface area contributed by atoms with Crippen molar-refractivity contribution in [1.82, 2.24) is 15.0 Å². The fourth-order valence-corrected chi connectivity index (χ4v) is 3.93. The number of likely N-dealkylation sites (tertiary alicyclic amines) is 1. The van der Waals surface area contributed by atoms with Gasteiger partial charge in [-0.05, 0) is 63.9 Å². The number of nitrogens with zero attached hydrogens (tertiary/aromatic N) is 3. The Morgan fingerprint density at radius 1 is 1.13 bits per heavy atom. The van der Waals surface area contributed by atoms with E-state index in [-0.39, 0.29) is 11.8 Å². The molecule has 4 rings (SSSR count). The van der Waals surface area contributed by atoms with Crippen LogP contribution < -0.4 is 5.32 Å². The first-order chi connectivity index (χ1) is 14.5. The van der Waals surface area contributed by atoms with E-state index in [1.165, 1.54) is 11.1 Å². The first-order valence-electron chi connectivity index (χ1n) is 10.5. The molecular formula is C24H28N4O2. The average Bonchev–Trinajstić information content (AvgIpc) is 3.19. The summed E-state index contributed by atoms with van der Waals surface area (Å²) >= 11 is 0. The van der Waals surface area contributed by atoms with Gasteiger partial charge in [0.25, 0.3) is 5.89 Å². The summed E-state index contributed by atoms with van der Waals surface area (Å²) in [5.74, 6) is 1.23. The molecule has 0 aliphatic carbocycles. The lowest BCUT2D eigenvalue weighted by Crippen LogP contribution is -2.40. The number of aromatic nitrogens is 2. The Bertz CT molecular complexity index is 1030. The molecule has 2 aromatic carbocycles. The Morgan fingerprint density at radius 2 is 1.90 bits per heavy atom. The van der Waals surface area contributed by atoms with Crippen molar-refractivity contribution in [3.63, 3.8) is 0 Å². The van der Waals surface area contributed by atoms with Gasteiger partial charge in [-0.15, -0.1) is 0 Å². The molecule has 0 saturated carbocycles. The lowest BCUT2D eigenvalue weighted by molar-refractivity contribution is -0.121. The van der Waals surface area contributed by atoms with E-state index in [4.69, 9.17) is 4.52 Å². The summed E-state index contributed by atoms with van der Waals surface area (Å²) in [5, 5.41) is 7.24. The van der Waals surface area contributed by atoms with Gasteiger partial charge in [-0.1, -0.05) is 40.5 Å². The number of hydrogen-bond acceptors (Lipinski definition) is 5. The van der Waals surface area contributed by atoms with Gasteiger partial charge in [0.05, 0.1) is 12.5 Å². The van der Waals surface area contributed by atoms with Crippen molar-refractivity contribution in [2.75, 3.05) is 18.4 Å². The summed E-state index contributed by atoms with van der Waals surface area (Å²) in [6.45, 7) is 8.35. The minimum Gasteiger partial charge on any atom is -0.334 e. The lowest BCUT2D eigenvalue weighted by atomic mass is 9.96. The van der Waals surface area contributed by atoms with Crippen LogP contribution in [0.1, 0.15) is 35.4 Å². The fraction of sp³-hybridized carbons (Fsp3) is 0.375. The number of carbonyl (C=O) groups excluding carboxylic acids is 1. The molecule has 0 radical (unpaired) electrons. The van der Waals surface area contributed by atoms with Crippen LogP contribution in [-0.2, 0) is 11.3 Å². The molecule has 0 spiro atoms. The number of nitrogens with one attached hydrogen (secondary N) is 1. The van der Waals surface area contributed by atoms with E-state index in [2.05, 4.69) is 33.3 Å². The van der Waals surface area contributed by atoms with Gasteiger partial charge in [0.1, 0.15) is 0 Å². The molecule has 1 aliphatic rings. The molecule has 1 atom stereocenters. The summed E-state index contributed by atoms with van der Waals surface area (Å²) in [7, 11) is 0.